The predicted molar refractivity (Wildman–Crippen MR) is 52.2 cm³/mol. The van der Waals surface area contributed by atoms with Crippen LogP contribution in [0.3, 0.4) is 0 Å². The van der Waals surface area contributed by atoms with Gasteiger partial charge in [0, 0.05) is 5.56 Å². The summed E-state index contributed by atoms with van der Waals surface area (Å²) in [5, 5.41) is 0. The van der Waals surface area contributed by atoms with E-state index in [2.05, 4.69) is 0 Å². The van der Waals surface area contributed by atoms with Crippen LogP contribution < -0.4 is 0 Å². The maximum Gasteiger partial charge on any atom is 0.263 e. The standard InChI is InChI=1S/C9H10F2.C2H6/c1-6-3-7(2)5-8(4-6)9(10)11;1-2/h3-5,9H,1-2H3;1-2H3. The highest BCUT2D eigenvalue weighted by Crippen LogP contribution is 2.20. The predicted octanol–water partition coefficient (Wildman–Crippen LogP) is 4.27. The van der Waals surface area contributed by atoms with Gasteiger partial charge >= 0.3 is 0 Å². The van der Waals surface area contributed by atoms with Gasteiger partial charge in [0.1, 0.15) is 0 Å². The van der Waals surface area contributed by atoms with Crippen LogP contribution in [0.4, 0.5) is 8.78 Å². The Balaban J connectivity index is 0.000000671. The van der Waals surface area contributed by atoms with E-state index in [1.807, 2.05) is 33.8 Å². The molecule has 74 valence electrons. The fourth-order valence-electron chi connectivity index (χ4n) is 1.14. The Morgan fingerprint density at radius 2 is 1.31 bits per heavy atom. The molecule has 0 saturated carbocycles. The molecule has 0 fully saturated rings. The van der Waals surface area contributed by atoms with Crippen molar-refractivity contribution in [3.8, 4) is 0 Å². The van der Waals surface area contributed by atoms with Crippen molar-refractivity contribution < 1.29 is 8.78 Å². The third-order valence-corrected chi connectivity index (χ3v) is 1.50. The average molecular weight is 186 g/mol. The number of hydrogen-bond donors (Lipinski definition) is 0. The van der Waals surface area contributed by atoms with Gasteiger partial charge in [-0.1, -0.05) is 43.2 Å². The molecule has 1 rings (SSSR count). The van der Waals surface area contributed by atoms with Crippen LogP contribution in [0.15, 0.2) is 18.2 Å². The Morgan fingerprint density at radius 3 is 1.62 bits per heavy atom. The second kappa shape index (κ2) is 5.68. The minimum atomic E-state index is -2.35. The summed E-state index contributed by atoms with van der Waals surface area (Å²) in [6.07, 6.45) is -2.35. The van der Waals surface area contributed by atoms with E-state index in [-0.39, 0.29) is 5.56 Å². The molecule has 0 radical (unpaired) electrons. The fourth-order valence-corrected chi connectivity index (χ4v) is 1.14. The Bertz CT molecular complexity index is 234. The fraction of sp³-hybridized carbons (Fsp3) is 0.455. The third-order valence-electron chi connectivity index (χ3n) is 1.50. The quantitative estimate of drug-likeness (QED) is 0.614. The normalized spacial score (nSPS) is 9.46. The lowest BCUT2D eigenvalue weighted by molar-refractivity contribution is 0.151. The van der Waals surface area contributed by atoms with Crippen LogP contribution in [-0.2, 0) is 0 Å². The van der Waals surface area contributed by atoms with Crippen LogP contribution in [0.1, 0.15) is 37.0 Å². The lowest BCUT2D eigenvalue weighted by Gasteiger charge is -2.02. The van der Waals surface area contributed by atoms with Gasteiger partial charge in [0.25, 0.3) is 6.43 Å². The minimum absolute atomic E-state index is 0.113. The molecule has 13 heavy (non-hydrogen) atoms. The molecule has 0 N–H and O–H groups in total. The van der Waals surface area contributed by atoms with Crippen LogP contribution in [0.5, 0.6) is 0 Å². The smallest absolute Gasteiger partial charge is 0.205 e. The van der Waals surface area contributed by atoms with E-state index in [1.165, 1.54) is 12.1 Å². The number of benzene rings is 1. The Hall–Kier alpha value is -0.920. The summed E-state index contributed by atoms with van der Waals surface area (Å²) in [6, 6.07) is 4.90. The Kier molecular flexibility index (Phi) is 5.28. The lowest BCUT2D eigenvalue weighted by Crippen LogP contribution is -1.86. The van der Waals surface area contributed by atoms with Gasteiger partial charge in [-0.05, 0) is 13.8 Å². The number of aryl methyl sites for hydroxylation is 2. The maximum absolute atomic E-state index is 12.1. The summed E-state index contributed by atoms with van der Waals surface area (Å²) in [5.74, 6) is 0. The van der Waals surface area contributed by atoms with Crippen LogP contribution in [0, 0.1) is 13.8 Å². The van der Waals surface area contributed by atoms with Crippen LogP contribution in [0.2, 0.25) is 0 Å². The molecule has 0 aliphatic heterocycles. The molecule has 1 aromatic carbocycles. The van der Waals surface area contributed by atoms with Crippen molar-refractivity contribution in [1.29, 1.82) is 0 Å². The van der Waals surface area contributed by atoms with Crippen molar-refractivity contribution in [2.75, 3.05) is 0 Å². The Labute approximate surface area is 78.6 Å². The second-order valence-electron chi connectivity index (χ2n) is 2.72. The highest BCUT2D eigenvalue weighted by Gasteiger charge is 2.06. The first kappa shape index (κ1) is 12.1. The first-order chi connectivity index (χ1) is 6.09. The van der Waals surface area contributed by atoms with Crippen LogP contribution in [0.25, 0.3) is 0 Å². The van der Waals surface area contributed by atoms with Crippen LogP contribution >= 0.6 is 0 Å². The van der Waals surface area contributed by atoms with Gasteiger partial charge in [-0.15, -0.1) is 0 Å². The number of rotatable bonds is 1. The van der Waals surface area contributed by atoms with E-state index in [4.69, 9.17) is 0 Å². The van der Waals surface area contributed by atoms with E-state index in [1.54, 1.807) is 0 Å². The molecule has 0 aromatic heterocycles. The van der Waals surface area contributed by atoms with Gasteiger partial charge in [-0.3, -0.25) is 0 Å². The molecule has 0 amide bonds. The molecule has 1 aromatic rings. The van der Waals surface area contributed by atoms with Crippen molar-refractivity contribution in [3.63, 3.8) is 0 Å². The number of halogens is 2. The van der Waals surface area contributed by atoms with E-state index in [0.29, 0.717) is 0 Å². The number of hydrogen-bond acceptors (Lipinski definition) is 0. The SMILES string of the molecule is CC.Cc1cc(C)cc(C(F)F)c1. The molecular formula is C11H16F2. The third kappa shape index (κ3) is 4.02. The zero-order valence-corrected chi connectivity index (χ0v) is 8.57. The van der Waals surface area contributed by atoms with Crippen molar-refractivity contribution in [2.45, 2.75) is 34.1 Å². The summed E-state index contributed by atoms with van der Waals surface area (Å²) in [5.41, 5.74) is 1.89. The van der Waals surface area contributed by atoms with E-state index >= 15 is 0 Å². The largest absolute Gasteiger partial charge is 0.263 e. The van der Waals surface area contributed by atoms with Gasteiger partial charge < -0.3 is 0 Å². The van der Waals surface area contributed by atoms with Gasteiger partial charge in [0.15, 0.2) is 0 Å². The van der Waals surface area contributed by atoms with Crippen molar-refractivity contribution in [3.05, 3.63) is 34.9 Å². The highest BCUT2D eigenvalue weighted by atomic mass is 19.3. The number of alkyl halides is 2. The summed E-state index contributed by atoms with van der Waals surface area (Å²) >= 11 is 0. The Morgan fingerprint density at radius 1 is 0.923 bits per heavy atom. The molecule has 0 unspecified atom stereocenters. The molecule has 0 aliphatic carbocycles. The molecule has 0 nitrogen and oxygen atoms in total. The lowest BCUT2D eigenvalue weighted by atomic mass is 10.1. The molecule has 0 spiro atoms. The van der Waals surface area contributed by atoms with Gasteiger partial charge in [0.05, 0.1) is 0 Å². The molecular weight excluding hydrogens is 170 g/mol. The topological polar surface area (TPSA) is 0 Å². The van der Waals surface area contributed by atoms with Crippen molar-refractivity contribution >= 4 is 0 Å². The molecule has 2 heteroatoms. The first-order valence-electron chi connectivity index (χ1n) is 4.46. The zero-order chi connectivity index (χ0) is 10.4. The summed E-state index contributed by atoms with van der Waals surface area (Å²) in [4.78, 5) is 0. The van der Waals surface area contributed by atoms with E-state index in [9.17, 15) is 8.78 Å². The monoisotopic (exact) mass is 186 g/mol. The zero-order valence-electron chi connectivity index (χ0n) is 8.57. The molecule has 0 aliphatic rings. The van der Waals surface area contributed by atoms with Crippen molar-refractivity contribution in [2.24, 2.45) is 0 Å². The molecule has 0 heterocycles. The van der Waals surface area contributed by atoms with Crippen LogP contribution in [-0.4, -0.2) is 0 Å². The summed E-state index contributed by atoms with van der Waals surface area (Å²) in [6.45, 7) is 7.64. The maximum atomic E-state index is 12.1. The van der Waals surface area contributed by atoms with Gasteiger partial charge in [0.2, 0.25) is 0 Å². The minimum Gasteiger partial charge on any atom is -0.205 e. The van der Waals surface area contributed by atoms with Gasteiger partial charge in [-0.25, -0.2) is 8.78 Å². The van der Waals surface area contributed by atoms with E-state index < -0.39 is 6.43 Å². The molecule has 0 saturated heterocycles. The first-order valence-corrected chi connectivity index (χ1v) is 4.46. The molecule has 0 atom stereocenters. The highest BCUT2D eigenvalue weighted by molar-refractivity contribution is 5.29. The van der Waals surface area contributed by atoms with E-state index in [0.717, 1.165) is 11.1 Å². The average Bonchev–Trinajstić information content (AvgIpc) is 2.06. The summed E-state index contributed by atoms with van der Waals surface area (Å²) in [7, 11) is 0. The summed E-state index contributed by atoms with van der Waals surface area (Å²) < 4.78 is 24.3. The molecule has 0 bridgehead atoms. The van der Waals surface area contributed by atoms with Crippen molar-refractivity contribution in [1.82, 2.24) is 0 Å². The second-order valence-corrected chi connectivity index (χ2v) is 2.72. The van der Waals surface area contributed by atoms with Gasteiger partial charge in [-0.2, -0.15) is 0 Å².